The molecule has 4 rings (SSSR count). The number of hydrogen-bond acceptors (Lipinski definition) is 4. The molecule has 1 aliphatic rings. The average Bonchev–Trinajstić information content (AvgIpc) is 3.06. The highest BCUT2D eigenvalue weighted by Crippen LogP contribution is 2.23. The van der Waals surface area contributed by atoms with Crippen LogP contribution in [0.5, 0.6) is 0 Å². The summed E-state index contributed by atoms with van der Waals surface area (Å²) in [4.78, 5) is 18.3. The first-order valence-corrected chi connectivity index (χ1v) is 8.60. The van der Waals surface area contributed by atoms with E-state index >= 15 is 0 Å². The van der Waals surface area contributed by atoms with E-state index < -0.39 is 0 Å². The van der Waals surface area contributed by atoms with Crippen LogP contribution in [0.15, 0.2) is 48.9 Å². The summed E-state index contributed by atoms with van der Waals surface area (Å²) in [6.07, 6.45) is 7.66. The quantitative estimate of drug-likeness (QED) is 0.792. The first kappa shape index (κ1) is 15.8. The molecule has 1 amide bonds. The molecule has 0 spiro atoms. The molecule has 1 aliphatic heterocycles. The number of fused-ring (bicyclic) bond motifs is 1. The molecule has 128 valence electrons. The fraction of sp³-hybridized carbons (Fsp3) is 0.316. The third-order valence-electron chi connectivity index (χ3n) is 4.81. The van der Waals surface area contributed by atoms with Gasteiger partial charge in [-0.3, -0.25) is 9.69 Å². The van der Waals surface area contributed by atoms with Crippen molar-refractivity contribution in [3.05, 3.63) is 54.5 Å². The Morgan fingerprint density at radius 1 is 1.24 bits per heavy atom. The molecule has 1 fully saturated rings. The summed E-state index contributed by atoms with van der Waals surface area (Å²) < 4.78 is 1.83. The minimum absolute atomic E-state index is 0.0418. The second-order valence-corrected chi connectivity index (χ2v) is 6.63. The summed E-state index contributed by atoms with van der Waals surface area (Å²) in [5, 5.41) is 4.45. The fourth-order valence-corrected chi connectivity index (χ4v) is 3.51. The van der Waals surface area contributed by atoms with Gasteiger partial charge >= 0.3 is 0 Å². The highest BCUT2D eigenvalue weighted by molar-refractivity contribution is 5.77. The normalized spacial score (nSPS) is 18.5. The predicted molar refractivity (Wildman–Crippen MR) is 95.6 cm³/mol. The molecule has 2 N–H and O–H groups in total. The lowest BCUT2D eigenvalue weighted by Gasteiger charge is -2.30. The highest BCUT2D eigenvalue weighted by Gasteiger charge is 2.24. The number of aromatic nitrogens is 3. The van der Waals surface area contributed by atoms with Crippen LogP contribution in [0, 0.1) is 5.92 Å². The number of amides is 1. The van der Waals surface area contributed by atoms with Crippen LogP contribution < -0.4 is 5.73 Å². The molecular weight excluding hydrogens is 314 g/mol. The molecule has 1 saturated heterocycles. The summed E-state index contributed by atoms with van der Waals surface area (Å²) in [6, 6.07) is 10.1. The topological polar surface area (TPSA) is 76.5 Å². The van der Waals surface area contributed by atoms with Crippen molar-refractivity contribution in [1.82, 2.24) is 19.5 Å². The van der Waals surface area contributed by atoms with E-state index in [1.807, 2.05) is 41.3 Å². The lowest BCUT2D eigenvalue weighted by atomic mass is 9.97. The second kappa shape index (κ2) is 6.64. The highest BCUT2D eigenvalue weighted by atomic mass is 16.1. The zero-order valence-corrected chi connectivity index (χ0v) is 14.0. The fourth-order valence-electron chi connectivity index (χ4n) is 3.51. The number of hydrogen-bond donors (Lipinski definition) is 1. The van der Waals surface area contributed by atoms with E-state index in [2.05, 4.69) is 27.1 Å². The first-order chi connectivity index (χ1) is 12.2. The largest absolute Gasteiger partial charge is 0.369 e. The Balaban J connectivity index is 1.55. The van der Waals surface area contributed by atoms with Crippen molar-refractivity contribution in [1.29, 1.82) is 0 Å². The Hall–Kier alpha value is -2.73. The number of carbonyl (C=O) groups is 1. The molecule has 0 aliphatic carbocycles. The van der Waals surface area contributed by atoms with Gasteiger partial charge in [0.25, 0.3) is 0 Å². The van der Waals surface area contributed by atoms with Gasteiger partial charge in [-0.15, -0.1) is 0 Å². The number of piperidine rings is 1. The monoisotopic (exact) mass is 335 g/mol. The van der Waals surface area contributed by atoms with Gasteiger partial charge < -0.3 is 5.73 Å². The molecule has 0 radical (unpaired) electrons. The maximum atomic E-state index is 11.4. The van der Waals surface area contributed by atoms with Gasteiger partial charge in [-0.1, -0.05) is 30.3 Å². The van der Waals surface area contributed by atoms with Crippen molar-refractivity contribution in [2.45, 2.75) is 19.4 Å². The number of benzene rings is 1. The van der Waals surface area contributed by atoms with E-state index in [0.29, 0.717) is 0 Å². The molecule has 0 saturated carbocycles. The van der Waals surface area contributed by atoms with Crippen molar-refractivity contribution in [3.8, 4) is 11.1 Å². The Morgan fingerprint density at radius 2 is 2.08 bits per heavy atom. The first-order valence-electron chi connectivity index (χ1n) is 8.60. The molecule has 0 unspecified atom stereocenters. The van der Waals surface area contributed by atoms with E-state index in [-0.39, 0.29) is 11.8 Å². The minimum Gasteiger partial charge on any atom is -0.369 e. The van der Waals surface area contributed by atoms with Crippen LogP contribution in [0.25, 0.3) is 16.8 Å². The van der Waals surface area contributed by atoms with E-state index in [1.165, 1.54) is 0 Å². The third-order valence-corrected chi connectivity index (χ3v) is 4.81. The van der Waals surface area contributed by atoms with Crippen LogP contribution in [-0.4, -0.2) is 38.5 Å². The minimum atomic E-state index is -0.196. The van der Waals surface area contributed by atoms with Gasteiger partial charge in [0, 0.05) is 36.6 Å². The number of nitrogens with zero attached hydrogens (tertiary/aromatic N) is 4. The van der Waals surface area contributed by atoms with E-state index in [9.17, 15) is 4.79 Å². The van der Waals surface area contributed by atoms with E-state index in [4.69, 9.17) is 5.73 Å². The zero-order chi connectivity index (χ0) is 17.2. The van der Waals surface area contributed by atoms with E-state index in [0.717, 1.165) is 54.8 Å². The maximum Gasteiger partial charge on any atom is 0.221 e. The van der Waals surface area contributed by atoms with Crippen LogP contribution in [0.4, 0.5) is 0 Å². The second-order valence-electron chi connectivity index (χ2n) is 6.63. The number of nitrogens with two attached hydrogens (primary N) is 1. The van der Waals surface area contributed by atoms with Crippen LogP contribution in [0.2, 0.25) is 0 Å². The predicted octanol–water partition coefficient (Wildman–Crippen LogP) is 2.09. The van der Waals surface area contributed by atoms with Crippen LogP contribution in [0.3, 0.4) is 0 Å². The maximum absolute atomic E-state index is 11.4. The molecule has 6 heteroatoms. The summed E-state index contributed by atoms with van der Waals surface area (Å²) in [5.41, 5.74) is 9.53. The van der Waals surface area contributed by atoms with Gasteiger partial charge in [0.15, 0.2) is 5.65 Å². The van der Waals surface area contributed by atoms with E-state index in [1.54, 1.807) is 0 Å². The summed E-state index contributed by atoms with van der Waals surface area (Å²) in [5.74, 6) is -0.238. The number of carbonyl (C=O) groups excluding carboxylic acids is 1. The molecule has 25 heavy (non-hydrogen) atoms. The average molecular weight is 335 g/mol. The molecule has 2 aromatic heterocycles. The Bertz CT molecular complexity index is 889. The molecule has 1 aromatic carbocycles. The van der Waals surface area contributed by atoms with Crippen molar-refractivity contribution in [2.24, 2.45) is 11.7 Å². The third kappa shape index (κ3) is 3.25. The van der Waals surface area contributed by atoms with Crippen LogP contribution in [-0.2, 0) is 11.3 Å². The Morgan fingerprint density at radius 3 is 2.88 bits per heavy atom. The van der Waals surface area contributed by atoms with Gasteiger partial charge in [-0.2, -0.15) is 5.10 Å². The van der Waals surface area contributed by atoms with Crippen molar-refractivity contribution in [2.75, 3.05) is 13.1 Å². The van der Waals surface area contributed by atoms with Crippen molar-refractivity contribution >= 4 is 11.6 Å². The lowest BCUT2D eigenvalue weighted by Crippen LogP contribution is -2.40. The smallest absolute Gasteiger partial charge is 0.221 e. The van der Waals surface area contributed by atoms with Crippen molar-refractivity contribution in [3.63, 3.8) is 0 Å². The molecule has 6 nitrogen and oxygen atoms in total. The zero-order valence-electron chi connectivity index (χ0n) is 14.0. The summed E-state index contributed by atoms with van der Waals surface area (Å²) in [6.45, 7) is 2.46. The standard InChI is InChI=1S/C19H21N5O/c20-18(25)16-7-4-8-23(13-16)11-14-9-21-19-17(10-22-24(19)12-14)15-5-2-1-3-6-15/h1-3,5-6,9-10,12,16H,4,7-8,11,13H2,(H2,20,25)/t16-/m1/s1. The molecular formula is C19H21N5O. The molecule has 3 aromatic rings. The van der Waals surface area contributed by atoms with Gasteiger partial charge in [0.1, 0.15) is 0 Å². The lowest BCUT2D eigenvalue weighted by molar-refractivity contribution is -0.123. The van der Waals surface area contributed by atoms with Gasteiger partial charge in [0.2, 0.25) is 5.91 Å². The number of likely N-dealkylation sites (tertiary alicyclic amines) is 1. The summed E-state index contributed by atoms with van der Waals surface area (Å²) >= 11 is 0. The summed E-state index contributed by atoms with van der Waals surface area (Å²) in [7, 11) is 0. The van der Waals surface area contributed by atoms with Gasteiger partial charge in [-0.25, -0.2) is 9.50 Å². The SMILES string of the molecule is NC(=O)[C@@H]1CCCN(Cc2cnc3c(-c4ccccc4)cnn3c2)C1. The molecule has 3 heterocycles. The Labute approximate surface area is 146 Å². The Kier molecular flexibility index (Phi) is 4.19. The van der Waals surface area contributed by atoms with Crippen molar-refractivity contribution < 1.29 is 4.79 Å². The van der Waals surface area contributed by atoms with Crippen LogP contribution in [0.1, 0.15) is 18.4 Å². The number of primary amides is 1. The molecule has 1 atom stereocenters. The van der Waals surface area contributed by atoms with Crippen LogP contribution >= 0.6 is 0 Å². The molecule has 0 bridgehead atoms. The number of rotatable bonds is 4. The van der Waals surface area contributed by atoms with Gasteiger partial charge in [-0.05, 0) is 24.9 Å². The van der Waals surface area contributed by atoms with Gasteiger partial charge in [0.05, 0.1) is 12.1 Å².